The van der Waals surface area contributed by atoms with Gasteiger partial charge in [0.15, 0.2) is 0 Å². The van der Waals surface area contributed by atoms with Gasteiger partial charge >= 0.3 is 5.97 Å². The van der Waals surface area contributed by atoms with Crippen LogP contribution in [-0.4, -0.2) is 48.6 Å². The molecule has 2 N–H and O–H groups in total. The zero-order valence-corrected chi connectivity index (χ0v) is 8.20. The summed E-state index contributed by atoms with van der Waals surface area (Å²) < 4.78 is 0. The molecule has 0 fully saturated rings. The fourth-order valence-electron chi connectivity index (χ4n) is 0.701. The van der Waals surface area contributed by atoms with Crippen molar-refractivity contribution in [2.24, 2.45) is 0 Å². The first-order valence-electron chi connectivity index (χ1n) is 4.10. The number of hydrogen-bond donors (Lipinski definition) is 2. The van der Waals surface area contributed by atoms with Crippen LogP contribution in [0.25, 0.3) is 0 Å². The lowest BCUT2D eigenvalue weighted by Gasteiger charge is -2.11. The number of carboxylic acid groups (broad SMARTS) is 1. The molecule has 0 rings (SSSR count). The maximum absolute atomic E-state index is 11.1. The van der Waals surface area contributed by atoms with Crippen molar-refractivity contribution in [3.63, 3.8) is 0 Å². The Hall–Kier alpha value is -1.10. The maximum atomic E-state index is 11.1. The smallest absolute Gasteiger partial charge is 0.325 e. The second-order valence-electron chi connectivity index (χ2n) is 3.18. The van der Waals surface area contributed by atoms with Gasteiger partial charge in [-0.05, 0) is 21.0 Å². The Morgan fingerprint density at radius 1 is 1.46 bits per heavy atom. The van der Waals surface area contributed by atoms with E-state index < -0.39 is 12.0 Å². The molecule has 0 bridgehead atoms. The summed E-state index contributed by atoms with van der Waals surface area (Å²) in [6.07, 6.45) is 0.324. The van der Waals surface area contributed by atoms with Gasteiger partial charge < -0.3 is 15.3 Å². The summed E-state index contributed by atoms with van der Waals surface area (Å²) in [6, 6.07) is -0.810. The molecule has 0 spiro atoms. The van der Waals surface area contributed by atoms with E-state index in [2.05, 4.69) is 5.32 Å². The van der Waals surface area contributed by atoms with E-state index in [-0.39, 0.29) is 5.91 Å². The average Bonchev–Trinajstić information content (AvgIpc) is 2.00. The number of rotatable bonds is 5. The van der Waals surface area contributed by atoms with Crippen molar-refractivity contribution in [3.8, 4) is 0 Å². The van der Waals surface area contributed by atoms with E-state index >= 15 is 0 Å². The molecule has 0 aliphatic rings. The summed E-state index contributed by atoms with van der Waals surface area (Å²) in [5.41, 5.74) is 0. The molecule has 1 atom stereocenters. The maximum Gasteiger partial charge on any atom is 0.325 e. The lowest BCUT2D eigenvalue weighted by atomic mass is 10.3. The second kappa shape index (κ2) is 5.53. The fraction of sp³-hybridized carbons (Fsp3) is 0.750. The summed E-state index contributed by atoms with van der Waals surface area (Å²) in [5.74, 6) is -1.25. The van der Waals surface area contributed by atoms with Crippen molar-refractivity contribution in [2.75, 3.05) is 20.6 Å². The van der Waals surface area contributed by atoms with Gasteiger partial charge in [-0.2, -0.15) is 0 Å². The number of aliphatic carboxylic acids is 1. The van der Waals surface area contributed by atoms with E-state index in [1.807, 2.05) is 19.0 Å². The average molecular weight is 188 g/mol. The number of hydrogen-bond acceptors (Lipinski definition) is 3. The molecule has 0 unspecified atom stereocenters. The van der Waals surface area contributed by atoms with Gasteiger partial charge in [-0.1, -0.05) is 0 Å². The SMILES string of the molecule is C[C@@H](NC(=O)CCN(C)C)C(=O)O. The highest BCUT2D eigenvalue weighted by atomic mass is 16.4. The normalized spacial score (nSPS) is 12.6. The number of nitrogens with one attached hydrogen (secondary N) is 1. The van der Waals surface area contributed by atoms with Crippen LogP contribution in [0.4, 0.5) is 0 Å². The largest absolute Gasteiger partial charge is 0.480 e. The second-order valence-corrected chi connectivity index (χ2v) is 3.18. The Bertz CT molecular complexity index is 192. The van der Waals surface area contributed by atoms with Crippen LogP contribution in [0.3, 0.4) is 0 Å². The van der Waals surface area contributed by atoms with Crippen LogP contribution >= 0.6 is 0 Å². The molecule has 0 aromatic carbocycles. The van der Waals surface area contributed by atoms with Crippen molar-refractivity contribution in [1.82, 2.24) is 10.2 Å². The van der Waals surface area contributed by atoms with Gasteiger partial charge in [-0.15, -0.1) is 0 Å². The van der Waals surface area contributed by atoms with E-state index in [1.165, 1.54) is 6.92 Å². The van der Waals surface area contributed by atoms with Crippen molar-refractivity contribution in [1.29, 1.82) is 0 Å². The molecular weight excluding hydrogens is 172 g/mol. The molecule has 0 aliphatic heterocycles. The van der Waals surface area contributed by atoms with Gasteiger partial charge in [-0.3, -0.25) is 9.59 Å². The third kappa shape index (κ3) is 6.10. The molecule has 5 nitrogen and oxygen atoms in total. The summed E-state index contributed by atoms with van der Waals surface area (Å²) in [7, 11) is 3.71. The summed E-state index contributed by atoms with van der Waals surface area (Å²) in [5, 5.41) is 10.9. The van der Waals surface area contributed by atoms with Gasteiger partial charge in [0.2, 0.25) is 5.91 Å². The standard InChI is InChI=1S/C8H16N2O3/c1-6(8(12)13)9-7(11)4-5-10(2)3/h6H,4-5H2,1-3H3,(H,9,11)(H,12,13)/t6-/m1/s1. The lowest BCUT2D eigenvalue weighted by Crippen LogP contribution is -2.39. The first kappa shape index (κ1) is 11.9. The van der Waals surface area contributed by atoms with Crippen LogP contribution in [0.2, 0.25) is 0 Å². The molecule has 76 valence electrons. The number of carbonyl (C=O) groups excluding carboxylic acids is 1. The number of amides is 1. The monoisotopic (exact) mass is 188 g/mol. The highest BCUT2D eigenvalue weighted by molar-refractivity contribution is 5.83. The molecule has 13 heavy (non-hydrogen) atoms. The van der Waals surface area contributed by atoms with Crippen molar-refractivity contribution < 1.29 is 14.7 Å². The van der Waals surface area contributed by atoms with Gasteiger partial charge in [0, 0.05) is 13.0 Å². The van der Waals surface area contributed by atoms with Crippen LogP contribution in [0.15, 0.2) is 0 Å². The zero-order chi connectivity index (χ0) is 10.4. The third-order valence-corrected chi connectivity index (χ3v) is 1.53. The van der Waals surface area contributed by atoms with E-state index in [4.69, 9.17) is 5.11 Å². The predicted molar refractivity (Wildman–Crippen MR) is 48.4 cm³/mol. The lowest BCUT2D eigenvalue weighted by molar-refractivity contribution is -0.141. The summed E-state index contributed by atoms with van der Waals surface area (Å²) in [6.45, 7) is 2.06. The fourth-order valence-corrected chi connectivity index (χ4v) is 0.701. The molecular formula is C8H16N2O3. The molecule has 0 heterocycles. The highest BCUT2D eigenvalue weighted by Crippen LogP contribution is 1.87. The topological polar surface area (TPSA) is 69.6 Å². The molecule has 1 amide bonds. The van der Waals surface area contributed by atoms with Crippen molar-refractivity contribution >= 4 is 11.9 Å². The molecule has 0 aromatic rings. The molecule has 5 heteroatoms. The predicted octanol–water partition coefficient (Wildman–Crippen LogP) is -0.473. The number of carbonyl (C=O) groups is 2. The minimum absolute atomic E-state index is 0.233. The van der Waals surface area contributed by atoms with Crippen molar-refractivity contribution in [3.05, 3.63) is 0 Å². The quantitative estimate of drug-likeness (QED) is 0.612. The minimum Gasteiger partial charge on any atom is -0.480 e. The Kier molecular flexibility index (Phi) is 5.06. The Morgan fingerprint density at radius 3 is 2.38 bits per heavy atom. The van der Waals surface area contributed by atoms with E-state index in [0.29, 0.717) is 13.0 Å². The highest BCUT2D eigenvalue weighted by Gasteiger charge is 2.13. The Morgan fingerprint density at radius 2 is 2.00 bits per heavy atom. The van der Waals surface area contributed by atoms with Gasteiger partial charge in [0.25, 0.3) is 0 Å². The molecule has 0 aromatic heterocycles. The van der Waals surface area contributed by atoms with Crippen LogP contribution in [0, 0.1) is 0 Å². The summed E-state index contributed by atoms with van der Waals surface area (Å²) >= 11 is 0. The number of nitrogens with zero attached hydrogens (tertiary/aromatic N) is 1. The Balaban J connectivity index is 3.68. The van der Waals surface area contributed by atoms with Crippen LogP contribution in [-0.2, 0) is 9.59 Å². The van der Waals surface area contributed by atoms with Crippen LogP contribution in [0.5, 0.6) is 0 Å². The van der Waals surface area contributed by atoms with Gasteiger partial charge in [-0.25, -0.2) is 0 Å². The van der Waals surface area contributed by atoms with E-state index in [0.717, 1.165) is 0 Å². The third-order valence-electron chi connectivity index (χ3n) is 1.53. The van der Waals surface area contributed by atoms with Gasteiger partial charge in [0.1, 0.15) is 6.04 Å². The molecule has 0 aliphatic carbocycles. The molecule has 0 saturated carbocycles. The van der Waals surface area contributed by atoms with E-state index in [9.17, 15) is 9.59 Å². The number of carboxylic acids is 1. The summed E-state index contributed by atoms with van der Waals surface area (Å²) in [4.78, 5) is 23.3. The van der Waals surface area contributed by atoms with Crippen LogP contribution < -0.4 is 5.32 Å². The molecule has 0 saturated heterocycles. The zero-order valence-electron chi connectivity index (χ0n) is 8.20. The van der Waals surface area contributed by atoms with Crippen molar-refractivity contribution in [2.45, 2.75) is 19.4 Å². The molecule has 0 radical (unpaired) electrons. The van der Waals surface area contributed by atoms with Gasteiger partial charge in [0.05, 0.1) is 0 Å². The minimum atomic E-state index is -1.02. The first-order chi connectivity index (χ1) is 5.93. The first-order valence-corrected chi connectivity index (χ1v) is 4.10. The Labute approximate surface area is 77.7 Å². The van der Waals surface area contributed by atoms with E-state index in [1.54, 1.807) is 0 Å². The van der Waals surface area contributed by atoms with Crippen LogP contribution in [0.1, 0.15) is 13.3 Å².